The second-order valence-corrected chi connectivity index (χ2v) is 8.76. The molecule has 2 atom stereocenters. The first-order valence-corrected chi connectivity index (χ1v) is 11.2. The van der Waals surface area contributed by atoms with E-state index in [4.69, 9.17) is 16.9 Å². The zero-order valence-electron chi connectivity index (χ0n) is 21.2. The number of nitrogens with two attached hydrogens (primary N) is 1. The summed E-state index contributed by atoms with van der Waals surface area (Å²) in [7, 11) is 1.14. The molecule has 1 rings (SSSR count). The first kappa shape index (κ1) is 30.5. The van der Waals surface area contributed by atoms with Crippen LogP contribution in [-0.2, 0) is 28.7 Å². The van der Waals surface area contributed by atoms with Crippen LogP contribution >= 0.6 is 0 Å². The molecule has 0 heterocycles. The fraction of sp³-hybridized carbons (Fsp3) is 0.440. The highest BCUT2D eigenvalue weighted by Crippen LogP contribution is 2.26. The van der Waals surface area contributed by atoms with Gasteiger partial charge in [-0.1, -0.05) is 24.1 Å². The topological polar surface area (TPSA) is 181 Å². The maximum Gasteiger partial charge on any atom is 0.408 e. The Bertz CT molecular complexity index is 1100. The quantitative estimate of drug-likeness (QED) is 0.217. The van der Waals surface area contributed by atoms with Crippen molar-refractivity contribution in [3.05, 3.63) is 35.4 Å². The van der Waals surface area contributed by atoms with Gasteiger partial charge in [-0.15, -0.1) is 6.42 Å². The summed E-state index contributed by atoms with van der Waals surface area (Å²) in [4.78, 5) is 63.3. The molecule has 0 saturated heterocycles. The maximum atomic E-state index is 13.7. The van der Waals surface area contributed by atoms with Gasteiger partial charge in [-0.05, 0) is 38.8 Å². The van der Waals surface area contributed by atoms with Crippen molar-refractivity contribution in [3.8, 4) is 18.4 Å². The number of nitrogens with zero attached hydrogens (tertiary/aromatic N) is 2. The van der Waals surface area contributed by atoms with Gasteiger partial charge in [0, 0.05) is 12.0 Å². The zero-order chi connectivity index (χ0) is 28.2. The molecule has 0 aliphatic heterocycles. The van der Waals surface area contributed by atoms with E-state index in [-0.39, 0.29) is 24.0 Å². The Kier molecular flexibility index (Phi) is 11.6. The summed E-state index contributed by atoms with van der Waals surface area (Å²) in [6, 6.07) is 5.20. The van der Waals surface area contributed by atoms with Crippen molar-refractivity contribution in [2.24, 2.45) is 5.73 Å². The number of rotatable bonds is 11. The summed E-state index contributed by atoms with van der Waals surface area (Å²) in [5.74, 6) is -0.765. The van der Waals surface area contributed by atoms with Crippen LogP contribution in [0.5, 0.6) is 0 Å². The third-order valence-corrected chi connectivity index (χ3v) is 4.80. The van der Waals surface area contributed by atoms with E-state index < -0.39 is 60.6 Å². The van der Waals surface area contributed by atoms with E-state index in [2.05, 4.69) is 21.3 Å². The number of benzene rings is 1. The van der Waals surface area contributed by atoms with E-state index in [1.165, 1.54) is 12.1 Å². The number of ether oxygens (including phenoxy) is 2. The van der Waals surface area contributed by atoms with Crippen molar-refractivity contribution in [2.75, 3.05) is 20.2 Å². The number of carbonyl (C=O) groups excluding carboxylic acids is 5. The lowest BCUT2D eigenvalue weighted by Crippen LogP contribution is -2.53. The average Bonchev–Trinajstić information content (AvgIpc) is 2.83. The maximum absolute atomic E-state index is 13.7. The molecule has 0 fully saturated rings. The second-order valence-electron chi connectivity index (χ2n) is 8.76. The molecule has 0 saturated carbocycles. The van der Waals surface area contributed by atoms with Crippen LogP contribution in [0.3, 0.4) is 0 Å². The minimum absolute atomic E-state index is 0.196. The van der Waals surface area contributed by atoms with E-state index in [0.717, 1.165) is 12.0 Å². The van der Waals surface area contributed by atoms with Crippen LogP contribution in [0.1, 0.15) is 50.8 Å². The van der Waals surface area contributed by atoms with Gasteiger partial charge in [0.05, 0.1) is 13.2 Å². The molecule has 0 spiro atoms. The van der Waals surface area contributed by atoms with Crippen LogP contribution in [0.15, 0.2) is 24.3 Å². The number of amides is 4. The minimum Gasteiger partial charge on any atom is -0.468 e. The number of nitriles is 1. The van der Waals surface area contributed by atoms with Gasteiger partial charge in [0.25, 0.3) is 0 Å². The van der Waals surface area contributed by atoms with Gasteiger partial charge in [-0.25, -0.2) is 4.79 Å². The number of carbonyl (C=O) groups is 5. The van der Waals surface area contributed by atoms with Crippen LogP contribution in [0, 0.1) is 23.7 Å². The highest BCUT2D eigenvalue weighted by atomic mass is 16.6. The monoisotopic (exact) mass is 513 g/mol. The number of hydrogen-bond acceptors (Lipinski definition) is 8. The smallest absolute Gasteiger partial charge is 0.408 e. The summed E-state index contributed by atoms with van der Waals surface area (Å²) in [5, 5.41) is 14.3. The van der Waals surface area contributed by atoms with Crippen molar-refractivity contribution >= 4 is 29.8 Å². The molecule has 0 bridgehead atoms. The highest BCUT2D eigenvalue weighted by molar-refractivity contribution is 5.94. The molecule has 2 unspecified atom stereocenters. The van der Waals surface area contributed by atoms with Crippen molar-refractivity contribution in [1.29, 1.82) is 5.26 Å². The number of terminal acetylenes is 1. The standard InChI is InChI=1S/C25H31N5O7/c1-6-16-9-7-8-10-17(16)21(22(33)28-15-20(32)36-5)30(14-13-26)23(34)18(11-12-19(27)31)29-24(35)37-25(2,3)4/h1,7-10,18,21H,11-12,14-15H2,2-5H3,(H2,27,31)(H,28,33)(H,29,35). The van der Waals surface area contributed by atoms with Gasteiger partial charge in [-0.2, -0.15) is 5.26 Å². The van der Waals surface area contributed by atoms with Crippen LogP contribution in [-0.4, -0.2) is 66.5 Å². The molecule has 37 heavy (non-hydrogen) atoms. The predicted octanol–water partition coefficient (Wildman–Crippen LogP) is 0.509. The highest BCUT2D eigenvalue weighted by Gasteiger charge is 2.37. The van der Waals surface area contributed by atoms with Crippen LogP contribution in [0.4, 0.5) is 4.79 Å². The summed E-state index contributed by atoms with van der Waals surface area (Å²) in [5.41, 5.74) is 4.79. The van der Waals surface area contributed by atoms with Crippen molar-refractivity contribution in [2.45, 2.75) is 51.3 Å². The fourth-order valence-corrected chi connectivity index (χ4v) is 3.21. The van der Waals surface area contributed by atoms with Crippen molar-refractivity contribution in [1.82, 2.24) is 15.5 Å². The summed E-state index contributed by atoms with van der Waals surface area (Å²) >= 11 is 0. The Morgan fingerprint density at radius 1 is 1.19 bits per heavy atom. The average molecular weight is 514 g/mol. The number of nitrogens with one attached hydrogen (secondary N) is 2. The Morgan fingerprint density at radius 2 is 1.84 bits per heavy atom. The van der Waals surface area contributed by atoms with E-state index >= 15 is 0 Å². The number of methoxy groups -OCH3 is 1. The molecule has 0 aromatic heterocycles. The zero-order valence-corrected chi connectivity index (χ0v) is 21.2. The predicted molar refractivity (Wildman–Crippen MR) is 131 cm³/mol. The molecule has 12 nitrogen and oxygen atoms in total. The lowest BCUT2D eigenvalue weighted by atomic mass is 9.97. The normalized spacial score (nSPS) is 12.1. The van der Waals surface area contributed by atoms with Gasteiger partial charge >= 0.3 is 12.1 Å². The molecule has 198 valence electrons. The molecule has 0 aliphatic carbocycles. The van der Waals surface area contributed by atoms with E-state index in [9.17, 15) is 29.2 Å². The van der Waals surface area contributed by atoms with Gasteiger partial charge in [0.2, 0.25) is 17.7 Å². The number of primary amides is 1. The third kappa shape index (κ3) is 9.90. The van der Waals surface area contributed by atoms with Gasteiger partial charge in [0.15, 0.2) is 0 Å². The van der Waals surface area contributed by atoms with Crippen LogP contribution < -0.4 is 16.4 Å². The number of esters is 1. The summed E-state index contributed by atoms with van der Waals surface area (Å²) < 4.78 is 9.75. The Balaban J connectivity index is 3.53. The van der Waals surface area contributed by atoms with Crippen molar-refractivity contribution in [3.63, 3.8) is 0 Å². The van der Waals surface area contributed by atoms with Crippen LogP contribution in [0.25, 0.3) is 0 Å². The van der Waals surface area contributed by atoms with E-state index in [1.54, 1.807) is 32.9 Å². The second kappa shape index (κ2) is 14.1. The SMILES string of the molecule is C#Cc1ccccc1C(C(=O)NCC(=O)OC)N(CC#N)C(=O)C(CCC(N)=O)NC(=O)OC(C)(C)C. The van der Waals surface area contributed by atoms with Gasteiger partial charge in [-0.3, -0.25) is 19.2 Å². The van der Waals surface area contributed by atoms with Crippen LogP contribution in [0.2, 0.25) is 0 Å². The van der Waals surface area contributed by atoms with Gasteiger partial charge in [0.1, 0.15) is 30.8 Å². The third-order valence-electron chi connectivity index (χ3n) is 4.80. The molecule has 4 amide bonds. The number of hydrogen-bond donors (Lipinski definition) is 3. The summed E-state index contributed by atoms with van der Waals surface area (Å²) in [6.45, 7) is 3.74. The Morgan fingerprint density at radius 3 is 2.38 bits per heavy atom. The Labute approximate surface area is 215 Å². The first-order chi connectivity index (χ1) is 17.3. The lowest BCUT2D eigenvalue weighted by Gasteiger charge is -2.33. The molecule has 1 aromatic carbocycles. The minimum atomic E-state index is -1.47. The lowest BCUT2D eigenvalue weighted by molar-refractivity contribution is -0.144. The first-order valence-electron chi connectivity index (χ1n) is 11.2. The molecule has 12 heteroatoms. The molecule has 0 radical (unpaired) electrons. The molecule has 4 N–H and O–H groups in total. The molecule has 1 aromatic rings. The largest absolute Gasteiger partial charge is 0.468 e. The summed E-state index contributed by atoms with van der Waals surface area (Å²) in [6.07, 6.45) is 4.12. The van der Waals surface area contributed by atoms with Gasteiger partial charge < -0.3 is 30.7 Å². The fourth-order valence-electron chi connectivity index (χ4n) is 3.21. The van der Waals surface area contributed by atoms with Crippen molar-refractivity contribution < 1.29 is 33.4 Å². The molecular formula is C25H31N5O7. The van der Waals surface area contributed by atoms with E-state index in [1.807, 2.05) is 6.07 Å². The molecular weight excluding hydrogens is 482 g/mol. The number of alkyl carbamates (subject to hydrolysis) is 1. The van der Waals surface area contributed by atoms with E-state index in [0.29, 0.717) is 0 Å². The Hall–Kier alpha value is -4.58. The molecule has 0 aliphatic rings.